The van der Waals surface area contributed by atoms with Crippen LogP contribution in [0.25, 0.3) is 0 Å². The van der Waals surface area contributed by atoms with E-state index in [4.69, 9.17) is 38.7 Å². The quantitative estimate of drug-likeness (QED) is 0.489. The molecule has 0 bridgehead atoms. The molecule has 0 unspecified atom stereocenters. The van der Waals surface area contributed by atoms with E-state index in [0.29, 0.717) is 23.9 Å². The van der Waals surface area contributed by atoms with Gasteiger partial charge in [-0.3, -0.25) is 9.69 Å². The van der Waals surface area contributed by atoms with Crippen LogP contribution in [0.1, 0.15) is 25.3 Å². The highest BCUT2D eigenvalue weighted by atomic mass is 16.5. The summed E-state index contributed by atoms with van der Waals surface area (Å²) in [6.45, 7) is 4.83. The van der Waals surface area contributed by atoms with Gasteiger partial charge in [0.15, 0.2) is 11.5 Å². The number of likely N-dealkylation sites (tertiary alicyclic amines) is 1. The predicted molar refractivity (Wildman–Crippen MR) is 106 cm³/mol. The van der Waals surface area contributed by atoms with Crippen molar-refractivity contribution in [1.82, 2.24) is 4.90 Å². The van der Waals surface area contributed by atoms with E-state index in [0.717, 1.165) is 38.0 Å². The summed E-state index contributed by atoms with van der Waals surface area (Å²) in [5.41, 5.74) is 1.10. The Labute approximate surface area is 175 Å². The molecule has 1 aliphatic heterocycles. The molecule has 30 heavy (non-hydrogen) atoms. The maximum atomic E-state index is 11.8. The third-order valence-corrected chi connectivity index (χ3v) is 4.52. The molecule has 0 spiro atoms. The number of carbonyl (C=O) groups is 3. The maximum absolute atomic E-state index is 11.8. The second kappa shape index (κ2) is 12.5. The number of aliphatic carboxylic acids is 2. The molecule has 0 radical (unpaired) electrons. The van der Waals surface area contributed by atoms with Crippen molar-refractivity contribution in [3.8, 4) is 17.2 Å². The van der Waals surface area contributed by atoms with Gasteiger partial charge in [0.2, 0.25) is 5.75 Å². The van der Waals surface area contributed by atoms with Crippen molar-refractivity contribution in [2.75, 3.05) is 41.0 Å². The number of carboxylic acids is 2. The lowest BCUT2D eigenvalue weighted by atomic mass is 9.96. The van der Waals surface area contributed by atoms with Crippen molar-refractivity contribution in [2.45, 2.75) is 26.3 Å². The van der Waals surface area contributed by atoms with Crippen LogP contribution in [-0.2, 0) is 25.7 Å². The second-order valence-electron chi connectivity index (χ2n) is 6.45. The zero-order valence-corrected chi connectivity index (χ0v) is 17.7. The van der Waals surface area contributed by atoms with Gasteiger partial charge in [-0.15, -0.1) is 0 Å². The Morgan fingerprint density at radius 2 is 1.47 bits per heavy atom. The highest BCUT2D eigenvalue weighted by Gasteiger charge is 2.26. The summed E-state index contributed by atoms with van der Waals surface area (Å²) >= 11 is 0. The number of nitrogens with zero attached hydrogens (tertiary/aromatic N) is 1. The zero-order valence-electron chi connectivity index (χ0n) is 17.7. The molecule has 1 aromatic carbocycles. The topological polar surface area (TPSA) is 132 Å². The number of carbonyl (C=O) groups excluding carboxylic acids is 1. The van der Waals surface area contributed by atoms with Crippen LogP contribution in [0.15, 0.2) is 12.1 Å². The van der Waals surface area contributed by atoms with Crippen molar-refractivity contribution in [3.05, 3.63) is 17.7 Å². The first-order valence-electron chi connectivity index (χ1n) is 9.41. The van der Waals surface area contributed by atoms with Crippen LogP contribution >= 0.6 is 0 Å². The minimum atomic E-state index is -1.82. The smallest absolute Gasteiger partial charge is 0.414 e. The number of carboxylic acid groups (broad SMARTS) is 2. The van der Waals surface area contributed by atoms with Crippen LogP contribution in [0.2, 0.25) is 0 Å². The molecule has 0 saturated carbocycles. The number of esters is 1. The van der Waals surface area contributed by atoms with Crippen molar-refractivity contribution in [1.29, 1.82) is 0 Å². The van der Waals surface area contributed by atoms with Crippen molar-refractivity contribution < 1.29 is 43.5 Å². The van der Waals surface area contributed by atoms with Gasteiger partial charge in [0.1, 0.15) is 0 Å². The Balaban J connectivity index is 0.000000656. The van der Waals surface area contributed by atoms with Gasteiger partial charge in [0, 0.05) is 6.54 Å². The van der Waals surface area contributed by atoms with E-state index in [1.54, 1.807) is 21.3 Å². The molecule has 1 saturated heterocycles. The van der Waals surface area contributed by atoms with Crippen LogP contribution in [0.3, 0.4) is 0 Å². The third-order valence-electron chi connectivity index (χ3n) is 4.52. The molecule has 168 valence electrons. The first-order valence-corrected chi connectivity index (χ1v) is 9.41. The standard InChI is InChI=1S/C18H27NO5.C2H2O4/c1-5-24-18(20)14-6-8-19(9-7-14)12-13-10-15(21-2)17(23-4)16(11-13)22-3;3-1(4)2(5)6/h10-11,14H,5-9,12H2,1-4H3;(H,3,4)(H,5,6). The maximum Gasteiger partial charge on any atom is 0.414 e. The minimum Gasteiger partial charge on any atom is -0.493 e. The summed E-state index contributed by atoms with van der Waals surface area (Å²) in [4.78, 5) is 32.3. The molecule has 10 nitrogen and oxygen atoms in total. The number of hydrogen-bond donors (Lipinski definition) is 2. The van der Waals surface area contributed by atoms with Gasteiger partial charge in [0.05, 0.1) is 33.9 Å². The lowest BCUT2D eigenvalue weighted by molar-refractivity contribution is -0.159. The number of hydrogen-bond acceptors (Lipinski definition) is 8. The van der Waals surface area contributed by atoms with Gasteiger partial charge in [-0.05, 0) is 50.6 Å². The molecular weight excluding hydrogens is 398 g/mol. The Bertz CT molecular complexity index is 690. The summed E-state index contributed by atoms with van der Waals surface area (Å²) in [5, 5.41) is 14.8. The molecule has 1 aromatic rings. The van der Waals surface area contributed by atoms with Gasteiger partial charge in [-0.1, -0.05) is 0 Å². The van der Waals surface area contributed by atoms with Gasteiger partial charge in [-0.2, -0.15) is 0 Å². The van der Waals surface area contributed by atoms with Crippen LogP contribution in [0.4, 0.5) is 0 Å². The Morgan fingerprint density at radius 3 is 1.83 bits per heavy atom. The number of rotatable bonds is 7. The molecule has 1 fully saturated rings. The summed E-state index contributed by atoms with van der Waals surface area (Å²) in [7, 11) is 4.83. The van der Waals surface area contributed by atoms with E-state index in [9.17, 15) is 4.79 Å². The molecule has 0 atom stereocenters. The number of benzene rings is 1. The first-order chi connectivity index (χ1) is 14.3. The van der Waals surface area contributed by atoms with E-state index < -0.39 is 11.9 Å². The lowest BCUT2D eigenvalue weighted by Crippen LogP contribution is -2.36. The minimum absolute atomic E-state index is 0.0288. The monoisotopic (exact) mass is 427 g/mol. The molecule has 10 heteroatoms. The molecule has 1 heterocycles. The van der Waals surface area contributed by atoms with Crippen LogP contribution in [-0.4, -0.2) is 74.0 Å². The van der Waals surface area contributed by atoms with Crippen LogP contribution in [0.5, 0.6) is 17.2 Å². The number of methoxy groups -OCH3 is 3. The van der Waals surface area contributed by atoms with E-state index in [1.165, 1.54) is 0 Å². The molecule has 2 rings (SSSR count). The normalized spacial score (nSPS) is 14.1. The van der Waals surface area contributed by atoms with Crippen molar-refractivity contribution >= 4 is 17.9 Å². The average molecular weight is 427 g/mol. The van der Waals surface area contributed by atoms with E-state index >= 15 is 0 Å². The average Bonchev–Trinajstić information content (AvgIpc) is 2.74. The first kappa shape index (κ1) is 25.0. The van der Waals surface area contributed by atoms with Crippen LogP contribution < -0.4 is 14.2 Å². The molecule has 2 N–H and O–H groups in total. The van der Waals surface area contributed by atoms with Gasteiger partial charge in [0.25, 0.3) is 0 Å². The number of piperidine rings is 1. The Morgan fingerprint density at radius 1 is 0.967 bits per heavy atom. The molecule has 0 aromatic heterocycles. The van der Waals surface area contributed by atoms with Gasteiger partial charge >= 0.3 is 17.9 Å². The summed E-state index contributed by atoms with van der Waals surface area (Å²) in [6.07, 6.45) is 1.67. The molecule has 0 aliphatic carbocycles. The predicted octanol–water partition coefficient (Wildman–Crippen LogP) is 1.64. The van der Waals surface area contributed by atoms with Crippen molar-refractivity contribution in [2.24, 2.45) is 5.92 Å². The van der Waals surface area contributed by atoms with Crippen molar-refractivity contribution in [3.63, 3.8) is 0 Å². The zero-order chi connectivity index (χ0) is 22.7. The summed E-state index contributed by atoms with van der Waals surface area (Å²) in [6, 6.07) is 3.94. The SMILES string of the molecule is CCOC(=O)C1CCN(Cc2cc(OC)c(OC)c(OC)c2)CC1.O=C(O)C(=O)O. The fraction of sp³-hybridized carbons (Fsp3) is 0.550. The van der Waals surface area contributed by atoms with E-state index in [1.807, 2.05) is 19.1 Å². The molecule has 0 amide bonds. The van der Waals surface area contributed by atoms with Gasteiger partial charge in [-0.25, -0.2) is 9.59 Å². The highest BCUT2D eigenvalue weighted by Crippen LogP contribution is 2.38. The lowest BCUT2D eigenvalue weighted by Gasteiger charge is -2.31. The molecule has 1 aliphatic rings. The highest BCUT2D eigenvalue weighted by molar-refractivity contribution is 6.27. The largest absolute Gasteiger partial charge is 0.493 e. The van der Waals surface area contributed by atoms with Gasteiger partial charge < -0.3 is 29.2 Å². The Hall–Kier alpha value is -3.01. The van der Waals surface area contributed by atoms with Crippen LogP contribution in [0, 0.1) is 5.92 Å². The fourth-order valence-corrected chi connectivity index (χ4v) is 3.07. The number of ether oxygens (including phenoxy) is 4. The second-order valence-corrected chi connectivity index (χ2v) is 6.45. The van der Waals surface area contributed by atoms with E-state index in [-0.39, 0.29) is 11.9 Å². The third kappa shape index (κ3) is 7.43. The summed E-state index contributed by atoms with van der Waals surface area (Å²) in [5.74, 6) is -1.76. The fourth-order valence-electron chi connectivity index (χ4n) is 3.07. The summed E-state index contributed by atoms with van der Waals surface area (Å²) < 4.78 is 21.3. The van der Waals surface area contributed by atoms with E-state index in [2.05, 4.69) is 4.90 Å². The molecular formula is C20H29NO9. The Kier molecular flexibility index (Phi) is 10.5.